The van der Waals surface area contributed by atoms with Crippen LogP contribution in [0.1, 0.15) is 52.5 Å². The number of amides is 1. The van der Waals surface area contributed by atoms with Gasteiger partial charge in [0.25, 0.3) is 5.91 Å². The molecule has 1 amide bonds. The number of nitrogens with zero attached hydrogens (tertiary/aromatic N) is 2. The van der Waals surface area contributed by atoms with Crippen molar-refractivity contribution in [3.05, 3.63) is 45.3 Å². The number of pyridine rings is 1. The number of nitrogens with one attached hydrogen (secondary N) is 1. The van der Waals surface area contributed by atoms with Crippen LogP contribution < -0.4 is 10.2 Å². The third-order valence-corrected chi connectivity index (χ3v) is 5.63. The molecule has 1 saturated heterocycles. The number of carbonyl (C=O) groups is 1. The Balaban J connectivity index is 1.66. The number of rotatable bonds is 4. The molecule has 1 fully saturated rings. The third kappa shape index (κ3) is 4.24. The number of ether oxygens (including phenoxy) is 1. The molecule has 2 aromatic heterocycles. The Morgan fingerprint density at radius 2 is 2.00 bits per heavy atom. The van der Waals surface area contributed by atoms with E-state index in [0.29, 0.717) is 5.56 Å². The van der Waals surface area contributed by atoms with Crippen LogP contribution in [-0.2, 0) is 4.74 Å². The first-order chi connectivity index (χ1) is 12.3. The smallest absolute Gasteiger partial charge is 0.253 e. The maximum Gasteiger partial charge on any atom is 0.253 e. The summed E-state index contributed by atoms with van der Waals surface area (Å²) in [6.45, 7) is 12.0. The summed E-state index contributed by atoms with van der Waals surface area (Å²) in [5.41, 5.74) is 1.77. The number of carbonyl (C=O) groups excluding carboxylic acids is 1. The lowest BCUT2D eigenvalue weighted by atomic mass is 10.1. The molecule has 5 nitrogen and oxygen atoms in total. The van der Waals surface area contributed by atoms with Gasteiger partial charge in [0.05, 0.1) is 23.8 Å². The van der Waals surface area contributed by atoms with Crippen molar-refractivity contribution in [2.24, 2.45) is 0 Å². The molecule has 3 rings (SSSR count). The second kappa shape index (κ2) is 7.76. The van der Waals surface area contributed by atoms with E-state index in [2.05, 4.69) is 49.0 Å². The number of hydrogen-bond donors (Lipinski definition) is 1. The minimum Gasteiger partial charge on any atom is -0.372 e. The van der Waals surface area contributed by atoms with E-state index >= 15 is 0 Å². The second-order valence-corrected chi connectivity index (χ2v) is 8.59. The largest absolute Gasteiger partial charge is 0.372 e. The van der Waals surface area contributed by atoms with E-state index in [4.69, 9.17) is 4.74 Å². The molecule has 0 aromatic carbocycles. The van der Waals surface area contributed by atoms with Gasteiger partial charge in [0.1, 0.15) is 5.82 Å². The van der Waals surface area contributed by atoms with Crippen LogP contribution in [0.3, 0.4) is 0 Å². The Kier molecular flexibility index (Phi) is 5.63. The Bertz CT molecular complexity index is 762. The normalized spacial score (nSPS) is 21.5. The van der Waals surface area contributed by atoms with Gasteiger partial charge in [0.2, 0.25) is 0 Å². The quantitative estimate of drug-likeness (QED) is 0.884. The number of aryl methyl sites for hydroxylation is 2. The van der Waals surface area contributed by atoms with Crippen LogP contribution in [0, 0.1) is 13.8 Å². The fourth-order valence-electron chi connectivity index (χ4n) is 3.51. The van der Waals surface area contributed by atoms with Gasteiger partial charge in [-0.25, -0.2) is 4.98 Å². The zero-order valence-corrected chi connectivity index (χ0v) is 16.9. The lowest BCUT2D eigenvalue weighted by Gasteiger charge is -2.36. The molecular formula is C20H27N3O2S. The van der Waals surface area contributed by atoms with Gasteiger partial charge in [-0.15, -0.1) is 11.3 Å². The number of anilines is 1. The van der Waals surface area contributed by atoms with Crippen molar-refractivity contribution in [3.63, 3.8) is 0 Å². The molecule has 3 heterocycles. The average molecular weight is 374 g/mol. The predicted octanol–water partition coefficient (Wildman–Crippen LogP) is 3.86. The third-order valence-electron chi connectivity index (χ3n) is 4.65. The maximum absolute atomic E-state index is 12.6. The van der Waals surface area contributed by atoms with Crippen molar-refractivity contribution < 1.29 is 9.53 Å². The molecule has 3 atom stereocenters. The van der Waals surface area contributed by atoms with Gasteiger partial charge in [-0.3, -0.25) is 4.79 Å². The highest BCUT2D eigenvalue weighted by Gasteiger charge is 2.23. The summed E-state index contributed by atoms with van der Waals surface area (Å²) in [4.78, 5) is 21.8. The van der Waals surface area contributed by atoms with E-state index < -0.39 is 0 Å². The molecular weight excluding hydrogens is 346 g/mol. The average Bonchev–Trinajstić information content (AvgIpc) is 2.92. The van der Waals surface area contributed by atoms with Gasteiger partial charge in [-0.2, -0.15) is 0 Å². The number of morpholine rings is 1. The van der Waals surface area contributed by atoms with Crippen molar-refractivity contribution in [3.8, 4) is 0 Å². The topological polar surface area (TPSA) is 54.5 Å². The maximum atomic E-state index is 12.6. The molecule has 0 unspecified atom stereocenters. The summed E-state index contributed by atoms with van der Waals surface area (Å²) in [5.74, 6) is 0.796. The minimum atomic E-state index is -0.0940. The summed E-state index contributed by atoms with van der Waals surface area (Å²) >= 11 is 1.76. The van der Waals surface area contributed by atoms with Gasteiger partial charge in [0, 0.05) is 29.0 Å². The molecule has 0 aliphatic carbocycles. The van der Waals surface area contributed by atoms with Crippen molar-refractivity contribution >= 4 is 23.1 Å². The van der Waals surface area contributed by atoms with E-state index in [0.717, 1.165) is 18.9 Å². The van der Waals surface area contributed by atoms with E-state index in [9.17, 15) is 4.79 Å². The Hall–Kier alpha value is -1.92. The second-order valence-electron chi connectivity index (χ2n) is 7.13. The van der Waals surface area contributed by atoms with Gasteiger partial charge >= 0.3 is 0 Å². The summed E-state index contributed by atoms with van der Waals surface area (Å²) in [6.07, 6.45) is 2.02. The van der Waals surface area contributed by atoms with Gasteiger partial charge in [0.15, 0.2) is 0 Å². The van der Waals surface area contributed by atoms with Crippen molar-refractivity contribution in [2.45, 2.75) is 52.9 Å². The molecule has 1 N–H and O–H groups in total. The highest BCUT2D eigenvalue weighted by molar-refractivity contribution is 7.12. The molecule has 1 aliphatic heterocycles. The van der Waals surface area contributed by atoms with E-state index in [1.807, 2.05) is 19.1 Å². The lowest BCUT2D eigenvalue weighted by molar-refractivity contribution is -0.00546. The van der Waals surface area contributed by atoms with Crippen LogP contribution in [0.25, 0.3) is 0 Å². The molecule has 0 bridgehead atoms. The minimum absolute atomic E-state index is 0.0203. The van der Waals surface area contributed by atoms with Crippen LogP contribution in [0.4, 0.5) is 5.82 Å². The van der Waals surface area contributed by atoms with Crippen LogP contribution in [-0.4, -0.2) is 36.2 Å². The molecule has 0 saturated carbocycles. The SMILES string of the molecule is Cc1cc([C@H](C)NC(=O)c2ccc(N3C[C@@H](C)O[C@@H](C)C3)nc2)c(C)s1. The van der Waals surface area contributed by atoms with Gasteiger partial charge < -0.3 is 15.0 Å². The monoisotopic (exact) mass is 373 g/mol. The zero-order chi connectivity index (χ0) is 18.8. The molecule has 0 spiro atoms. The lowest BCUT2D eigenvalue weighted by Crippen LogP contribution is -2.45. The first-order valence-electron chi connectivity index (χ1n) is 9.07. The van der Waals surface area contributed by atoms with Crippen LogP contribution in [0.5, 0.6) is 0 Å². The van der Waals surface area contributed by atoms with E-state index in [1.54, 1.807) is 17.5 Å². The molecule has 140 valence electrons. The van der Waals surface area contributed by atoms with Crippen LogP contribution in [0.15, 0.2) is 24.4 Å². The standard InChI is InChI=1S/C20H27N3O2S/c1-12-10-23(11-13(2)25-12)19-7-6-17(9-21-19)20(24)22-15(4)18-8-14(3)26-16(18)5/h6-9,12-13,15H,10-11H2,1-5H3,(H,22,24)/t12-,13+,15-/m0/s1. The zero-order valence-electron chi connectivity index (χ0n) is 16.1. The molecule has 26 heavy (non-hydrogen) atoms. The highest BCUT2D eigenvalue weighted by atomic mass is 32.1. The first kappa shape index (κ1) is 18.9. The number of thiophene rings is 1. The Labute approximate surface area is 159 Å². The first-order valence-corrected chi connectivity index (χ1v) is 9.89. The Morgan fingerprint density at radius 1 is 1.31 bits per heavy atom. The Morgan fingerprint density at radius 3 is 2.54 bits per heavy atom. The fraction of sp³-hybridized carbons (Fsp3) is 0.500. The summed E-state index contributed by atoms with van der Waals surface area (Å²) < 4.78 is 5.76. The molecule has 1 aliphatic rings. The van der Waals surface area contributed by atoms with Crippen LogP contribution >= 0.6 is 11.3 Å². The predicted molar refractivity (Wildman–Crippen MR) is 106 cm³/mol. The molecule has 2 aromatic rings. The van der Waals surface area contributed by atoms with Crippen molar-refractivity contribution in [1.29, 1.82) is 0 Å². The van der Waals surface area contributed by atoms with Crippen molar-refractivity contribution in [2.75, 3.05) is 18.0 Å². The molecule has 0 radical (unpaired) electrons. The highest BCUT2D eigenvalue weighted by Crippen LogP contribution is 2.26. The molecule has 6 heteroatoms. The number of hydrogen-bond acceptors (Lipinski definition) is 5. The van der Waals surface area contributed by atoms with E-state index in [-0.39, 0.29) is 24.2 Å². The number of aromatic nitrogens is 1. The van der Waals surface area contributed by atoms with Gasteiger partial charge in [-0.05, 0) is 58.4 Å². The summed E-state index contributed by atoms with van der Waals surface area (Å²) in [5, 5.41) is 3.07. The van der Waals surface area contributed by atoms with Gasteiger partial charge in [-0.1, -0.05) is 0 Å². The van der Waals surface area contributed by atoms with E-state index in [1.165, 1.54) is 15.3 Å². The summed E-state index contributed by atoms with van der Waals surface area (Å²) in [7, 11) is 0. The fourth-order valence-corrected chi connectivity index (χ4v) is 4.53. The van der Waals surface area contributed by atoms with Crippen molar-refractivity contribution in [1.82, 2.24) is 10.3 Å². The van der Waals surface area contributed by atoms with Crippen LogP contribution in [0.2, 0.25) is 0 Å². The summed E-state index contributed by atoms with van der Waals surface area (Å²) in [6, 6.07) is 5.89.